The minimum Gasteiger partial charge on any atom is -0.550 e. The van der Waals surface area contributed by atoms with Crippen LogP contribution in [-0.4, -0.2) is 11.9 Å². The Morgan fingerprint density at radius 2 is 1.59 bits per heavy atom. The van der Waals surface area contributed by atoms with Gasteiger partial charge in [0.2, 0.25) is 0 Å². The van der Waals surface area contributed by atoms with Gasteiger partial charge in [-0.1, -0.05) is 0 Å². The molecule has 0 heterocycles. The van der Waals surface area contributed by atoms with E-state index in [9.17, 15) is 19.8 Å². The van der Waals surface area contributed by atoms with E-state index >= 15 is 0 Å². The SMILES string of the molecule is O=C([O-])C1CC2C3CCC(C3)C2C1C(=O)[O-].[Zn+2]. The van der Waals surface area contributed by atoms with Crippen molar-refractivity contribution in [1.29, 1.82) is 0 Å². The quantitative estimate of drug-likeness (QED) is 0.597. The van der Waals surface area contributed by atoms with E-state index in [1.807, 2.05) is 0 Å². The average molecular weight is 288 g/mol. The monoisotopic (exact) mass is 286 g/mol. The van der Waals surface area contributed by atoms with Crippen molar-refractivity contribution >= 4 is 11.9 Å². The van der Waals surface area contributed by atoms with Crippen molar-refractivity contribution in [1.82, 2.24) is 0 Å². The van der Waals surface area contributed by atoms with Crippen molar-refractivity contribution in [3.05, 3.63) is 0 Å². The molecule has 0 aromatic heterocycles. The van der Waals surface area contributed by atoms with Gasteiger partial charge in [0.05, 0.1) is 0 Å². The van der Waals surface area contributed by atoms with E-state index in [0.717, 1.165) is 19.3 Å². The minimum absolute atomic E-state index is 0. The van der Waals surface area contributed by atoms with Gasteiger partial charge in [0.15, 0.2) is 0 Å². The van der Waals surface area contributed by atoms with Gasteiger partial charge < -0.3 is 19.8 Å². The maximum atomic E-state index is 11.1. The van der Waals surface area contributed by atoms with Gasteiger partial charge in [0.25, 0.3) is 0 Å². The van der Waals surface area contributed by atoms with Gasteiger partial charge in [-0.3, -0.25) is 0 Å². The molecule has 88 valence electrons. The van der Waals surface area contributed by atoms with E-state index in [4.69, 9.17) is 0 Å². The van der Waals surface area contributed by atoms with Gasteiger partial charge >= 0.3 is 19.5 Å². The van der Waals surface area contributed by atoms with Crippen molar-refractivity contribution < 1.29 is 39.3 Å². The Balaban J connectivity index is 0.00000108. The van der Waals surface area contributed by atoms with Crippen LogP contribution in [0.2, 0.25) is 0 Å². The maximum absolute atomic E-state index is 11.1. The number of carboxylic acid groups (broad SMARTS) is 2. The molecule has 6 unspecified atom stereocenters. The molecule has 2 bridgehead atoms. The number of carbonyl (C=O) groups is 2. The van der Waals surface area contributed by atoms with Crippen molar-refractivity contribution in [3.8, 4) is 0 Å². The second-order valence-electron chi connectivity index (χ2n) is 5.58. The Morgan fingerprint density at radius 1 is 0.941 bits per heavy atom. The summed E-state index contributed by atoms with van der Waals surface area (Å²) in [4.78, 5) is 22.1. The standard InChI is InChI=1S/C12H16O4.Zn/c13-11(14)8-4-7-5-1-2-6(3-5)9(7)10(8)12(15)16;/h5-10H,1-4H2,(H,13,14)(H,15,16);/q;+2/p-2. The molecule has 0 saturated heterocycles. The van der Waals surface area contributed by atoms with Crippen molar-refractivity contribution in [2.24, 2.45) is 35.5 Å². The number of hydrogen-bond donors (Lipinski definition) is 0. The van der Waals surface area contributed by atoms with Crippen LogP contribution >= 0.6 is 0 Å². The van der Waals surface area contributed by atoms with Gasteiger partial charge in [0.1, 0.15) is 0 Å². The second-order valence-corrected chi connectivity index (χ2v) is 5.58. The largest absolute Gasteiger partial charge is 2.00 e. The topological polar surface area (TPSA) is 80.3 Å². The smallest absolute Gasteiger partial charge is 0.550 e. The zero-order valence-electron chi connectivity index (χ0n) is 9.63. The van der Waals surface area contributed by atoms with Crippen molar-refractivity contribution in [2.45, 2.75) is 25.7 Å². The summed E-state index contributed by atoms with van der Waals surface area (Å²) < 4.78 is 0. The van der Waals surface area contributed by atoms with Crippen LogP contribution < -0.4 is 10.2 Å². The van der Waals surface area contributed by atoms with E-state index in [-0.39, 0.29) is 25.4 Å². The Labute approximate surface area is 113 Å². The molecule has 3 aliphatic rings. The molecular weight excluding hydrogens is 274 g/mol. The van der Waals surface area contributed by atoms with Gasteiger partial charge in [0, 0.05) is 23.8 Å². The van der Waals surface area contributed by atoms with Crippen LogP contribution in [0.1, 0.15) is 25.7 Å². The summed E-state index contributed by atoms with van der Waals surface area (Å²) in [6, 6.07) is 0. The third kappa shape index (κ3) is 1.74. The molecule has 3 rings (SSSR count). The number of carbonyl (C=O) groups excluding carboxylic acids is 2. The third-order valence-corrected chi connectivity index (χ3v) is 5.11. The molecule has 17 heavy (non-hydrogen) atoms. The first-order valence-corrected chi connectivity index (χ1v) is 6.01. The Morgan fingerprint density at radius 3 is 2.18 bits per heavy atom. The normalized spacial score (nSPS) is 46.4. The Kier molecular flexibility index (Phi) is 3.32. The Hall–Kier alpha value is -0.437. The molecule has 0 amide bonds. The molecule has 6 atom stereocenters. The van der Waals surface area contributed by atoms with Crippen molar-refractivity contribution in [2.75, 3.05) is 0 Å². The summed E-state index contributed by atoms with van der Waals surface area (Å²) in [5.41, 5.74) is 0. The van der Waals surface area contributed by atoms with E-state index < -0.39 is 23.8 Å². The minimum atomic E-state index is -1.21. The van der Waals surface area contributed by atoms with E-state index in [0.29, 0.717) is 24.2 Å². The zero-order chi connectivity index (χ0) is 11.4. The predicted octanol–water partition coefficient (Wildman–Crippen LogP) is -1.22. The zero-order valence-corrected chi connectivity index (χ0v) is 12.6. The molecular formula is C12H14O4Zn. The molecule has 4 nitrogen and oxygen atoms in total. The number of carboxylic acids is 2. The van der Waals surface area contributed by atoms with Crippen molar-refractivity contribution in [3.63, 3.8) is 0 Å². The molecule has 0 aromatic carbocycles. The van der Waals surface area contributed by atoms with Crippen LogP contribution in [0.4, 0.5) is 0 Å². The van der Waals surface area contributed by atoms with Crippen LogP contribution in [0.15, 0.2) is 0 Å². The second kappa shape index (κ2) is 4.34. The third-order valence-electron chi connectivity index (χ3n) is 5.11. The van der Waals surface area contributed by atoms with Crippen LogP contribution in [0.5, 0.6) is 0 Å². The molecule has 0 aliphatic heterocycles. The van der Waals surface area contributed by atoms with Gasteiger partial charge in [-0.15, -0.1) is 0 Å². The number of rotatable bonds is 2. The van der Waals surface area contributed by atoms with Crippen LogP contribution in [0.3, 0.4) is 0 Å². The van der Waals surface area contributed by atoms with Gasteiger partial charge in [-0.05, 0) is 49.4 Å². The molecule has 0 radical (unpaired) electrons. The molecule has 0 spiro atoms. The van der Waals surface area contributed by atoms with Crippen LogP contribution in [0.25, 0.3) is 0 Å². The molecule has 3 aliphatic carbocycles. The molecule has 3 saturated carbocycles. The first-order valence-electron chi connectivity index (χ1n) is 6.01. The van der Waals surface area contributed by atoms with E-state index in [2.05, 4.69) is 0 Å². The number of aliphatic carboxylic acids is 2. The number of hydrogen-bond acceptors (Lipinski definition) is 4. The maximum Gasteiger partial charge on any atom is 2.00 e. The fourth-order valence-corrected chi connectivity index (χ4v) is 4.64. The summed E-state index contributed by atoms with van der Waals surface area (Å²) in [6.07, 6.45) is 3.80. The average Bonchev–Trinajstić information content (AvgIpc) is 2.87. The summed E-state index contributed by atoms with van der Waals surface area (Å²) in [5.74, 6) is -2.69. The fourth-order valence-electron chi connectivity index (χ4n) is 4.64. The first-order chi connectivity index (χ1) is 7.59. The summed E-state index contributed by atoms with van der Waals surface area (Å²) in [5, 5.41) is 22.1. The fraction of sp³-hybridized carbons (Fsp3) is 0.833. The molecule has 0 N–H and O–H groups in total. The van der Waals surface area contributed by atoms with Crippen LogP contribution in [0, 0.1) is 35.5 Å². The first kappa shape index (κ1) is 13.0. The van der Waals surface area contributed by atoms with Gasteiger partial charge in [-0.2, -0.15) is 0 Å². The van der Waals surface area contributed by atoms with Crippen LogP contribution in [-0.2, 0) is 29.1 Å². The van der Waals surface area contributed by atoms with E-state index in [1.54, 1.807) is 0 Å². The summed E-state index contributed by atoms with van der Waals surface area (Å²) in [7, 11) is 0. The summed E-state index contributed by atoms with van der Waals surface area (Å²) in [6.45, 7) is 0. The Bertz CT molecular complexity index is 356. The summed E-state index contributed by atoms with van der Waals surface area (Å²) >= 11 is 0. The molecule has 0 aromatic rings. The van der Waals surface area contributed by atoms with Gasteiger partial charge in [-0.25, -0.2) is 0 Å². The molecule has 5 heteroatoms. The number of fused-ring (bicyclic) bond motifs is 5. The molecule has 3 fully saturated rings. The van der Waals surface area contributed by atoms with E-state index in [1.165, 1.54) is 0 Å². The predicted molar refractivity (Wildman–Crippen MR) is 49.4 cm³/mol.